The maximum atomic E-state index is 11.6. The van der Waals surface area contributed by atoms with E-state index in [9.17, 15) is 4.79 Å². The van der Waals surface area contributed by atoms with Crippen LogP contribution in [0.3, 0.4) is 0 Å². The largest absolute Gasteiger partial charge is 0.492 e. The molecule has 1 amide bonds. The Labute approximate surface area is 149 Å². The Morgan fingerprint density at radius 1 is 1.35 bits per heavy atom. The summed E-state index contributed by atoms with van der Waals surface area (Å²) in [6.45, 7) is 2.41. The monoisotopic (exact) mass is 370 g/mol. The van der Waals surface area contributed by atoms with Gasteiger partial charge in [-0.15, -0.1) is 11.3 Å². The summed E-state index contributed by atoms with van der Waals surface area (Å²) in [4.78, 5) is 13.8. The quantitative estimate of drug-likeness (QED) is 0.437. The number of benzene rings is 1. The number of carbonyl (C=O) groups is 1. The molecule has 1 N–H and O–H groups in total. The molecule has 1 aromatic carbocycles. The van der Waals surface area contributed by atoms with Gasteiger partial charge in [0.1, 0.15) is 5.75 Å². The predicted molar refractivity (Wildman–Crippen MR) is 96.0 cm³/mol. The molecule has 0 saturated carbocycles. The van der Waals surface area contributed by atoms with E-state index in [2.05, 4.69) is 10.5 Å². The van der Waals surface area contributed by atoms with Gasteiger partial charge in [-0.1, -0.05) is 23.2 Å². The van der Waals surface area contributed by atoms with Crippen LogP contribution < -0.4 is 10.2 Å². The molecule has 2 aromatic rings. The standard InChI is InChI=1S/C16H16Cl2N2O2S/c1-11-4-6-13(23-11)10-19-20-16(21)3-2-8-22-15-7-5-12(17)9-14(15)18/h4-7,9-10H,2-3,8H2,1H3,(H,20,21). The van der Waals surface area contributed by atoms with Crippen molar-refractivity contribution in [2.24, 2.45) is 5.10 Å². The van der Waals surface area contributed by atoms with Crippen LogP contribution >= 0.6 is 34.5 Å². The van der Waals surface area contributed by atoms with E-state index in [-0.39, 0.29) is 5.91 Å². The van der Waals surface area contributed by atoms with Gasteiger partial charge in [0.2, 0.25) is 5.91 Å². The highest BCUT2D eigenvalue weighted by atomic mass is 35.5. The van der Waals surface area contributed by atoms with Crippen molar-refractivity contribution in [3.05, 3.63) is 50.1 Å². The molecule has 0 unspecified atom stereocenters. The summed E-state index contributed by atoms with van der Waals surface area (Å²) < 4.78 is 5.51. The van der Waals surface area contributed by atoms with Gasteiger partial charge >= 0.3 is 0 Å². The van der Waals surface area contributed by atoms with Crippen LogP contribution in [0.1, 0.15) is 22.6 Å². The minimum absolute atomic E-state index is 0.152. The van der Waals surface area contributed by atoms with Gasteiger partial charge in [0.15, 0.2) is 0 Å². The number of amides is 1. The van der Waals surface area contributed by atoms with Crippen molar-refractivity contribution in [3.8, 4) is 5.75 Å². The molecule has 0 aliphatic rings. The number of nitrogens with zero attached hydrogens (tertiary/aromatic N) is 1. The van der Waals surface area contributed by atoms with Crippen molar-refractivity contribution in [1.82, 2.24) is 5.43 Å². The minimum atomic E-state index is -0.152. The summed E-state index contributed by atoms with van der Waals surface area (Å²) in [5, 5.41) is 4.94. The van der Waals surface area contributed by atoms with Crippen molar-refractivity contribution < 1.29 is 9.53 Å². The van der Waals surface area contributed by atoms with Crippen LogP contribution in [0, 0.1) is 6.92 Å². The van der Waals surface area contributed by atoms with E-state index >= 15 is 0 Å². The van der Waals surface area contributed by atoms with Crippen LogP contribution in [0.5, 0.6) is 5.75 Å². The van der Waals surface area contributed by atoms with E-state index < -0.39 is 0 Å². The molecular formula is C16H16Cl2N2O2S. The minimum Gasteiger partial charge on any atom is -0.492 e. The number of ether oxygens (including phenoxy) is 1. The smallest absolute Gasteiger partial charge is 0.240 e. The maximum Gasteiger partial charge on any atom is 0.240 e. The molecule has 0 atom stereocenters. The molecule has 7 heteroatoms. The van der Waals surface area contributed by atoms with Gasteiger partial charge in [-0.3, -0.25) is 4.79 Å². The van der Waals surface area contributed by atoms with Gasteiger partial charge in [-0.05, 0) is 43.7 Å². The molecule has 0 spiro atoms. The van der Waals surface area contributed by atoms with Crippen molar-refractivity contribution in [3.63, 3.8) is 0 Å². The fraction of sp³-hybridized carbons (Fsp3) is 0.250. The summed E-state index contributed by atoms with van der Waals surface area (Å²) in [6.07, 6.45) is 2.53. The second-order valence-electron chi connectivity index (χ2n) is 4.77. The topological polar surface area (TPSA) is 50.7 Å². The molecule has 4 nitrogen and oxygen atoms in total. The predicted octanol–water partition coefficient (Wildman–Crippen LogP) is 4.67. The fourth-order valence-corrected chi connectivity index (χ4v) is 2.97. The lowest BCUT2D eigenvalue weighted by molar-refractivity contribution is -0.121. The second kappa shape index (κ2) is 8.91. The third-order valence-corrected chi connectivity index (χ3v) is 4.31. The number of aryl methyl sites for hydroxylation is 1. The van der Waals surface area contributed by atoms with E-state index in [0.29, 0.717) is 35.2 Å². The molecule has 0 aliphatic carbocycles. The highest BCUT2D eigenvalue weighted by Gasteiger charge is 2.04. The van der Waals surface area contributed by atoms with Crippen molar-refractivity contribution in [2.75, 3.05) is 6.61 Å². The number of halogens is 2. The van der Waals surface area contributed by atoms with Gasteiger partial charge in [0.05, 0.1) is 17.8 Å². The highest BCUT2D eigenvalue weighted by molar-refractivity contribution is 7.13. The first-order chi connectivity index (χ1) is 11.0. The van der Waals surface area contributed by atoms with Gasteiger partial charge in [-0.25, -0.2) is 5.43 Å². The summed E-state index contributed by atoms with van der Waals surface area (Å²) in [5.74, 6) is 0.405. The maximum absolute atomic E-state index is 11.6. The summed E-state index contributed by atoms with van der Waals surface area (Å²) in [6, 6.07) is 8.99. The molecule has 1 aromatic heterocycles. The molecule has 0 radical (unpaired) electrons. The lowest BCUT2D eigenvalue weighted by Crippen LogP contribution is -2.17. The number of hydrazone groups is 1. The molecular weight excluding hydrogens is 355 g/mol. The van der Waals surface area contributed by atoms with Crippen LogP contribution in [0.25, 0.3) is 0 Å². The summed E-state index contributed by atoms with van der Waals surface area (Å²) in [5.41, 5.74) is 2.50. The Kier molecular flexibility index (Phi) is 6.89. The average Bonchev–Trinajstić information content (AvgIpc) is 2.91. The van der Waals surface area contributed by atoms with E-state index in [1.54, 1.807) is 35.8 Å². The Balaban J connectivity index is 1.65. The van der Waals surface area contributed by atoms with Crippen molar-refractivity contribution in [2.45, 2.75) is 19.8 Å². The first kappa shape index (κ1) is 17.8. The molecule has 2 rings (SSSR count). The molecule has 122 valence electrons. The zero-order valence-corrected chi connectivity index (χ0v) is 14.8. The third-order valence-electron chi connectivity index (χ3n) is 2.84. The van der Waals surface area contributed by atoms with Gasteiger partial charge in [0, 0.05) is 21.2 Å². The van der Waals surface area contributed by atoms with E-state index in [1.165, 1.54) is 4.88 Å². The Morgan fingerprint density at radius 3 is 2.87 bits per heavy atom. The molecule has 23 heavy (non-hydrogen) atoms. The number of hydrogen-bond acceptors (Lipinski definition) is 4. The van der Waals surface area contributed by atoms with E-state index in [4.69, 9.17) is 27.9 Å². The SMILES string of the molecule is Cc1ccc(C=NNC(=O)CCCOc2ccc(Cl)cc2Cl)s1. The lowest BCUT2D eigenvalue weighted by atomic mass is 10.3. The zero-order valence-electron chi connectivity index (χ0n) is 12.5. The molecule has 1 heterocycles. The molecule has 0 saturated heterocycles. The van der Waals surface area contributed by atoms with Crippen LogP contribution in [0.4, 0.5) is 0 Å². The second-order valence-corrected chi connectivity index (χ2v) is 6.93. The van der Waals surface area contributed by atoms with Crippen molar-refractivity contribution in [1.29, 1.82) is 0 Å². The third kappa shape index (κ3) is 6.22. The lowest BCUT2D eigenvalue weighted by Gasteiger charge is -2.07. The zero-order chi connectivity index (χ0) is 16.7. The Morgan fingerprint density at radius 2 is 2.17 bits per heavy atom. The van der Waals surface area contributed by atoms with E-state index in [0.717, 1.165) is 4.88 Å². The number of nitrogens with one attached hydrogen (secondary N) is 1. The normalized spacial score (nSPS) is 10.9. The van der Waals surface area contributed by atoms with Crippen LogP contribution in [0.2, 0.25) is 10.0 Å². The first-order valence-corrected chi connectivity index (χ1v) is 8.58. The summed E-state index contributed by atoms with van der Waals surface area (Å²) >= 11 is 13.4. The molecule has 0 fully saturated rings. The van der Waals surface area contributed by atoms with Crippen LogP contribution in [0.15, 0.2) is 35.4 Å². The van der Waals surface area contributed by atoms with E-state index in [1.807, 2.05) is 19.1 Å². The van der Waals surface area contributed by atoms with Gasteiger partial charge < -0.3 is 4.74 Å². The molecule has 0 bridgehead atoms. The van der Waals surface area contributed by atoms with Gasteiger partial charge in [0.25, 0.3) is 0 Å². The summed E-state index contributed by atoms with van der Waals surface area (Å²) in [7, 11) is 0. The van der Waals surface area contributed by atoms with Gasteiger partial charge in [-0.2, -0.15) is 5.10 Å². The first-order valence-electron chi connectivity index (χ1n) is 7.01. The fourth-order valence-electron chi connectivity index (χ4n) is 1.75. The Bertz CT molecular complexity index is 701. The van der Waals surface area contributed by atoms with Crippen LogP contribution in [-0.4, -0.2) is 18.7 Å². The number of rotatable bonds is 7. The Hall–Kier alpha value is -1.56. The number of hydrogen-bond donors (Lipinski definition) is 1. The highest BCUT2D eigenvalue weighted by Crippen LogP contribution is 2.27. The van der Waals surface area contributed by atoms with Crippen molar-refractivity contribution >= 4 is 46.7 Å². The number of carbonyl (C=O) groups excluding carboxylic acids is 1. The average molecular weight is 371 g/mol. The molecule has 0 aliphatic heterocycles. The number of thiophene rings is 1. The van der Waals surface area contributed by atoms with Crippen LogP contribution in [-0.2, 0) is 4.79 Å².